The zero-order valence-corrected chi connectivity index (χ0v) is 16.9. The predicted molar refractivity (Wildman–Crippen MR) is 111 cm³/mol. The van der Waals surface area contributed by atoms with E-state index in [0.29, 0.717) is 23.9 Å². The molecule has 2 atom stereocenters. The normalized spacial score (nSPS) is 23.4. The van der Waals surface area contributed by atoms with Crippen molar-refractivity contribution < 1.29 is 4.79 Å². The van der Waals surface area contributed by atoms with Gasteiger partial charge in [0.1, 0.15) is 0 Å². The summed E-state index contributed by atoms with van der Waals surface area (Å²) in [5.74, 6) is 2.01. The molecular formula is C22H34N4O. The van der Waals surface area contributed by atoms with Crippen LogP contribution in [-0.2, 0) is 4.79 Å². The van der Waals surface area contributed by atoms with E-state index in [4.69, 9.17) is 0 Å². The number of rotatable bonds is 6. The first-order valence-corrected chi connectivity index (χ1v) is 10.5. The van der Waals surface area contributed by atoms with Crippen LogP contribution in [0.25, 0.3) is 0 Å². The van der Waals surface area contributed by atoms with Gasteiger partial charge in [0.15, 0.2) is 5.96 Å². The van der Waals surface area contributed by atoms with Crippen LogP contribution in [0.3, 0.4) is 0 Å². The largest absolute Gasteiger partial charge is 0.354 e. The first kappa shape index (κ1) is 19.7. The van der Waals surface area contributed by atoms with Crippen LogP contribution in [0.2, 0.25) is 0 Å². The molecule has 0 radical (unpaired) electrons. The SMILES string of the molecule is CCC(CC)C(=O)N1CCC(NC(=NC)NC2CC2c2ccccc2)CC1. The molecule has 148 valence electrons. The second-order valence-corrected chi connectivity index (χ2v) is 7.83. The molecule has 5 nitrogen and oxygen atoms in total. The molecule has 2 N–H and O–H groups in total. The molecule has 1 aromatic rings. The number of amides is 1. The third kappa shape index (κ3) is 5.02. The Bertz CT molecular complexity index is 633. The summed E-state index contributed by atoms with van der Waals surface area (Å²) >= 11 is 0. The summed E-state index contributed by atoms with van der Waals surface area (Å²) in [6.07, 6.45) is 5.01. The molecule has 1 heterocycles. The quantitative estimate of drug-likeness (QED) is 0.597. The summed E-state index contributed by atoms with van der Waals surface area (Å²) < 4.78 is 0. The maximum Gasteiger partial charge on any atom is 0.225 e. The van der Waals surface area contributed by atoms with Gasteiger partial charge in [-0.1, -0.05) is 44.2 Å². The first-order chi connectivity index (χ1) is 13.2. The fraction of sp³-hybridized carbons (Fsp3) is 0.636. The third-order valence-electron chi connectivity index (χ3n) is 6.05. The Balaban J connectivity index is 1.43. The molecule has 0 spiro atoms. The second kappa shape index (κ2) is 9.25. The van der Waals surface area contributed by atoms with Crippen LogP contribution in [-0.4, -0.2) is 49.0 Å². The lowest BCUT2D eigenvalue weighted by Gasteiger charge is -2.35. The number of piperidine rings is 1. The average molecular weight is 371 g/mol. The van der Waals surface area contributed by atoms with Crippen LogP contribution in [0.5, 0.6) is 0 Å². The molecule has 3 rings (SSSR count). The summed E-state index contributed by atoms with van der Waals surface area (Å²) in [7, 11) is 1.83. The minimum atomic E-state index is 0.189. The molecule has 2 unspecified atom stereocenters. The maximum absolute atomic E-state index is 12.5. The van der Waals surface area contributed by atoms with Crippen molar-refractivity contribution in [3.8, 4) is 0 Å². The highest BCUT2D eigenvalue weighted by atomic mass is 16.2. The zero-order valence-electron chi connectivity index (χ0n) is 16.9. The lowest BCUT2D eigenvalue weighted by molar-refractivity contribution is -0.136. The van der Waals surface area contributed by atoms with Gasteiger partial charge in [-0.15, -0.1) is 0 Å². The minimum absolute atomic E-state index is 0.189. The molecule has 1 aliphatic carbocycles. The topological polar surface area (TPSA) is 56.7 Å². The molecule has 1 saturated heterocycles. The van der Waals surface area contributed by atoms with E-state index in [0.717, 1.165) is 51.2 Å². The number of nitrogens with zero attached hydrogens (tertiary/aromatic N) is 2. The van der Waals surface area contributed by atoms with Crippen LogP contribution >= 0.6 is 0 Å². The van der Waals surface area contributed by atoms with E-state index >= 15 is 0 Å². The molecule has 1 amide bonds. The van der Waals surface area contributed by atoms with Crippen LogP contribution in [0.4, 0.5) is 0 Å². The number of hydrogen-bond donors (Lipinski definition) is 2. The number of aliphatic imine (C=N–C) groups is 1. The van der Waals surface area contributed by atoms with E-state index in [9.17, 15) is 4.79 Å². The minimum Gasteiger partial charge on any atom is -0.354 e. The number of carbonyl (C=O) groups excluding carboxylic acids is 1. The summed E-state index contributed by atoms with van der Waals surface area (Å²) in [5, 5.41) is 7.13. The Hall–Kier alpha value is -2.04. The van der Waals surface area contributed by atoms with Crippen LogP contribution in [0, 0.1) is 5.92 Å². The van der Waals surface area contributed by atoms with E-state index in [1.807, 2.05) is 7.05 Å². The van der Waals surface area contributed by atoms with Crippen molar-refractivity contribution in [3.05, 3.63) is 35.9 Å². The van der Waals surface area contributed by atoms with Gasteiger partial charge in [0.05, 0.1) is 0 Å². The summed E-state index contributed by atoms with van der Waals surface area (Å²) in [5.41, 5.74) is 1.40. The van der Waals surface area contributed by atoms with E-state index in [-0.39, 0.29) is 5.92 Å². The van der Waals surface area contributed by atoms with Gasteiger partial charge < -0.3 is 15.5 Å². The number of hydrogen-bond acceptors (Lipinski definition) is 2. The monoisotopic (exact) mass is 370 g/mol. The van der Waals surface area contributed by atoms with Gasteiger partial charge in [-0.3, -0.25) is 9.79 Å². The Kier molecular flexibility index (Phi) is 6.75. The van der Waals surface area contributed by atoms with Gasteiger partial charge in [-0.2, -0.15) is 0 Å². The van der Waals surface area contributed by atoms with Gasteiger partial charge in [0, 0.05) is 44.1 Å². The standard InChI is InChI=1S/C22H34N4O/c1-4-16(5-2)21(27)26-13-11-18(12-14-26)24-22(23-3)25-20-15-19(20)17-9-7-6-8-10-17/h6-10,16,18-20H,4-5,11-15H2,1-3H3,(H2,23,24,25). The van der Waals surface area contributed by atoms with Crippen molar-refractivity contribution >= 4 is 11.9 Å². The van der Waals surface area contributed by atoms with Gasteiger partial charge in [0.2, 0.25) is 5.91 Å². The number of benzene rings is 1. The number of guanidine groups is 1. The lowest BCUT2D eigenvalue weighted by Crippen LogP contribution is -2.51. The van der Waals surface area contributed by atoms with Crippen LogP contribution in [0.15, 0.2) is 35.3 Å². The van der Waals surface area contributed by atoms with Crippen LogP contribution in [0.1, 0.15) is 57.4 Å². The van der Waals surface area contributed by atoms with Crippen molar-refractivity contribution in [2.24, 2.45) is 10.9 Å². The first-order valence-electron chi connectivity index (χ1n) is 10.5. The molecule has 0 aromatic heterocycles. The number of likely N-dealkylation sites (tertiary alicyclic amines) is 1. The number of nitrogens with one attached hydrogen (secondary N) is 2. The molecule has 2 fully saturated rings. The highest BCUT2D eigenvalue weighted by Crippen LogP contribution is 2.40. The molecular weight excluding hydrogens is 336 g/mol. The van der Waals surface area contributed by atoms with Gasteiger partial charge in [-0.25, -0.2) is 0 Å². The fourth-order valence-corrected chi connectivity index (χ4v) is 4.10. The lowest BCUT2D eigenvalue weighted by atomic mass is 9.98. The fourth-order valence-electron chi connectivity index (χ4n) is 4.10. The van der Waals surface area contributed by atoms with E-state index in [1.54, 1.807) is 0 Å². The molecule has 1 aromatic carbocycles. The Labute approximate surface area is 163 Å². The van der Waals surface area contributed by atoms with Gasteiger partial charge in [-0.05, 0) is 37.7 Å². The van der Waals surface area contributed by atoms with Gasteiger partial charge >= 0.3 is 0 Å². The van der Waals surface area contributed by atoms with E-state index < -0.39 is 0 Å². The van der Waals surface area contributed by atoms with Gasteiger partial charge in [0.25, 0.3) is 0 Å². The van der Waals surface area contributed by atoms with Crippen molar-refractivity contribution in [3.63, 3.8) is 0 Å². The average Bonchev–Trinajstić information content (AvgIpc) is 3.48. The summed E-state index contributed by atoms with van der Waals surface area (Å²) in [6, 6.07) is 11.5. The molecule has 1 saturated carbocycles. The Morgan fingerprint density at radius 2 is 1.81 bits per heavy atom. The highest BCUT2D eigenvalue weighted by molar-refractivity contribution is 5.81. The Morgan fingerprint density at radius 1 is 1.15 bits per heavy atom. The second-order valence-electron chi connectivity index (χ2n) is 7.83. The van der Waals surface area contributed by atoms with Crippen molar-refractivity contribution in [1.29, 1.82) is 0 Å². The smallest absolute Gasteiger partial charge is 0.225 e. The summed E-state index contributed by atoms with van der Waals surface area (Å²) in [6.45, 7) is 5.91. The molecule has 27 heavy (non-hydrogen) atoms. The van der Waals surface area contributed by atoms with Crippen molar-refractivity contribution in [1.82, 2.24) is 15.5 Å². The summed E-state index contributed by atoms with van der Waals surface area (Å²) in [4.78, 5) is 19.0. The molecule has 5 heteroatoms. The number of carbonyl (C=O) groups is 1. The van der Waals surface area contributed by atoms with Crippen LogP contribution < -0.4 is 10.6 Å². The highest BCUT2D eigenvalue weighted by Gasteiger charge is 2.39. The van der Waals surface area contributed by atoms with E-state index in [1.165, 1.54) is 5.56 Å². The maximum atomic E-state index is 12.5. The molecule has 0 bridgehead atoms. The zero-order chi connectivity index (χ0) is 19.2. The van der Waals surface area contributed by atoms with E-state index in [2.05, 4.69) is 64.7 Å². The molecule has 2 aliphatic rings. The third-order valence-corrected chi connectivity index (χ3v) is 6.05. The predicted octanol–water partition coefficient (Wildman–Crippen LogP) is 3.13. The van der Waals surface area contributed by atoms with Crippen molar-refractivity contribution in [2.75, 3.05) is 20.1 Å². The Morgan fingerprint density at radius 3 is 2.41 bits per heavy atom. The van der Waals surface area contributed by atoms with Crippen molar-refractivity contribution in [2.45, 2.75) is 64.0 Å². The molecule has 1 aliphatic heterocycles.